The predicted octanol–water partition coefficient (Wildman–Crippen LogP) is 1.53. The quantitative estimate of drug-likeness (QED) is 0.784. The molecule has 0 bridgehead atoms. The zero-order chi connectivity index (χ0) is 12.9. The van der Waals surface area contributed by atoms with Crippen molar-refractivity contribution in [2.45, 2.75) is 24.9 Å². The van der Waals surface area contributed by atoms with E-state index in [9.17, 15) is 14.1 Å². The molecule has 1 N–H and O–H groups in total. The van der Waals surface area contributed by atoms with Crippen LogP contribution in [-0.4, -0.2) is 19.6 Å². The number of phenolic OH excluding ortho intramolecular Hbond substituents is 1. The highest BCUT2D eigenvalue weighted by Gasteiger charge is 2.23. The molecule has 2 heterocycles. The highest BCUT2D eigenvalue weighted by molar-refractivity contribution is 7.85. The average Bonchev–Trinajstić information content (AvgIpc) is 2.35. The average molecular weight is 263 g/mol. The van der Waals surface area contributed by atoms with E-state index in [-0.39, 0.29) is 11.3 Å². The first-order valence-corrected chi connectivity index (χ1v) is 7.16. The molecule has 1 aromatic carbocycles. The standard InChI is InChI=1S/C13H13NO3S/c1-8-9-4-2-5-10(15)11(9)12(16)14-6-3-7-18(17)13(8)14/h2,4-5,15H,3,6-7H2,1H3. The summed E-state index contributed by atoms with van der Waals surface area (Å²) in [5.41, 5.74) is 0.593. The Bertz CT molecular complexity index is 733. The number of rotatable bonds is 0. The van der Waals surface area contributed by atoms with Crippen LogP contribution in [0.15, 0.2) is 28.0 Å². The Labute approximate surface area is 106 Å². The minimum Gasteiger partial charge on any atom is -0.507 e. The van der Waals surface area contributed by atoms with E-state index in [2.05, 4.69) is 0 Å². The Morgan fingerprint density at radius 1 is 1.39 bits per heavy atom. The molecule has 18 heavy (non-hydrogen) atoms. The molecule has 1 aliphatic heterocycles. The summed E-state index contributed by atoms with van der Waals surface area (Å²) >= 11 is 0. The maximum Gasteiger partial charge on any atom is 0.263 e. The molecule has 3 rings (SSSR count). The molecule has 5 heteroatoms. The van der Waals surface area contributed by atoms with Crippen LogP contribution in [0.1, 0.15) is 12.0 Å². The van der Waals surface area contributed by atoms with Crippen molar-refractivity contribution in [2.75, 3.05) is 5.75 Å². The SMILES string of the molecule is Cc1c2n(c(=O)c3c(O)cccc13)CCCS2=O. The van der Waals surface area contributed by atoms with Gasteiger partial charge in [0.05, 0.1) is 16.2 Å². The van der Waals surface area contributed by atoms with Gasteiger partial charge in [0.1, 0.15) is 10.8 Å². The van der Waals surface area contributed by atoms with E-state index in [1.807, 2.05) is 6.92 Å². The molecule has 0 fully saturated rings. The lowest BCUT2D eigenvalue weighted by Gasteiger charge is -2.21. The van der Waals surface area contributed by atoms with E-state index in [4.69, 9.17) is 0 Å². The van der Waals surface area contributed by atoms with Crippen molar-refractivity contribution in [3.8, 4) is 5.75 Å². The number of benzene rings is 1. The van der Waals surface area contributed by atoms with E-state index >= 15 is 0 Å². The summed E-state index contributed by atoms with van der Waals surface area (Å²) in [6.07, 6.45) is 0.734. The van der Waals surface area contributed by atoms with E-state index in [0.717, 1.165) is 12.0 Å². The second-order valence-corrected chi connectivity index (χ2v) is 5.98. The van der Waals surface area contributed by atoms with Crippen LogP contribution in [0.5, 0.6) is 5.75 Å². The normalized spacial score (nSPS) is 18.8. The fourth-order valence-corrected chi connectivity index (χ4v) is 4.03. The van der Waals surface area contributed by atoms with Gasteiger partial charge in [0, 0.05) is 12.3 Å². The summed E-state index contributed by atoms with van der Waals surface area (Å²) in [5, 5.41) is 11.5. The number of hydrogen-bond acceptors (Lipinski definition) is 3. The molecule has 1 aromatic heterocycles. The van der Waals surface area contributed by atoms with Crippen LogP contribution in [0.25, 0.3) is 10.8 Å². The molecule has 4 nitrogen and oxygen atoms in total. The summed E-state index contributed by atoms with van der Waals surface area (Å²) < 4.78 is 13.6. The van der Waals surface area contributed by atoms with Gasteiger partial charge in [0.2, 0.25) is 0 Å². The van der Waals surface area contributed by atoms with E-state index in [1.165, 1.54) is 6.07 Å². The van der Waals surface area contributed by atoms with Crippen molar-refractivity contribution < 1.29 is 9.32 Å². The first-order valence-electron chi connectivity index (χ1n) is 5.84. The van der Waals surface area contributed by atoms with Crippen LogP contribution < -0.4 is 5.56 Å². The molecule has 1 atom stereocenters. The fraction of sp³-hybridized carbons (Fsp3) is 0.308. The van der Waals surface area contributed by atoms with E-state index in [1.54, 1.807) is 16.7 Å². The predicted molar refractivity (Wildman–Crippen MR) is 70.5 cm³/mol. The van der Waals surface area contributed by atoms with Gasteiger partial charge in [-0.15, -0.1) is 0 Å². The van der Waals surface area contributed by atoms with Crippen LogP contribution in [-0.2, 0) is 17.3 Å². The van der Waals surface area contributed by atoms with Crippen molar-refractivity contribution in [3.63, 3.8) is 0 Å². The van der Waals surface area contributed by atoms with Crippen LogP contribution >= 0.6 is 0 Å². The summed E-state index contributed by atoms with van der Waals surface area (Å²) in [6.45, 7) is 2.43. The second kappa shape index (κ2) is 3.95. The minimum absolute atomic E-state index is 0.00717. The van der Waals surface area contributed by atoms with Crippen LogP contribution in [0.3, 0.4) is 0 Å². The molecule has 0 aliphatic carbocycles. The molecule has 94 valence electrons. The number of aryl methyl sites for hydroxylation is 1. The first-order chi connectivity index (χ1) is 8.61. The zero-order valence-corrected chi connectivity index (χ0v) is 10.8. The van der Waals surface area contributed by atoms with E-state index in [0.29, 0.717) is 28.1 Å². The second-order valence-electron chi connectivity index (χ2n) is 4.49. The van der Waals surface area contributed by atoms with Gasteiger partial charge in [-0.3, -0.25) is 9.00 Å². The summed E-state index contributed by atoms with van der Waals surface area (Å²) in [5.74, 6) is 0.595. The summed E-state index contributed by atoms with van der Waals surface area (Å²) in [7, 11) is -1.12. The van der Waals surface area contributed by atoms with Crippen molar-refractivity contribution in [3.05, 3.63) is 34.1 Å². The summed E-state index contributed by atoms with van der Waals surface area (Å²) in [6, 6.07) is 5.00. The third-order valence-electron chi connectivity index (χ3n) is 3.40. The molecule has 0 saturated heterocycles. The Hall–Kier alpha value is -1.62. The molecule has 1 unspecified atom stereocenters. The number of nitrogens with zero attached hydrogens (tertiary/aromatic N) is 1. The molecule has 0 amide bonds. The maximum atomic E-state index is 12.4. The lowest BCUT2D eigenvalue weighted by Crippen LogP contribution is -2.30. The van der Waals surface area contributed by atoms with Gasteiger partial charge in [0.15, 0.2) is 0 Å². The van der Waals surface area contributed by atoms with Gasteiger partial charge in [-0.1, -0.05) is 12.1 Å². The molecular formula is C13H13NO3S. The van der Waals surface area contributed by atoms with Crippen molar-refractivity contribution >= 4 is 21.6 Å². The molecular weight excluding hydrogens is 250 g/mol. The van der Waals surface area contributed by atoms with Gasteiger partial charge in [-0.25, -0.2) is 0 Å². The zero-order valence-electron chi connectivity index (χ0n) is 9.97. The smallest absolute Gasteiger partial charge is 0.263 e. The summed E-state index contributed by atoms with van der Waals surface area (Å²) in [4.78, 5) is 12.4. The Kier molecular flexibility index (Phi) is 2.52. The lowest BCUT2D eigenvalue weighted by atomic mass is 10.1. The third kappa shape index (κ3) is 1.43. The Morgan fingerprint density at radius 3 is 2.94 bits per heavy atom. The van der Waals surface area contributed by atoms with Crippen LogP contribution in [0.4, 0.5) is 0 Å². The van der Waals surface area contributed by atoms with Gasteiger partial charge in [-0.05, 0) is 30.4 Å². The van der Waals surface area contributed by atoms with Gasteiger partial charge < -0.3 is 9.67 Å². The van der Waals surface area contributed by atoms with Gasteiger partial charge in [0.25, 0.3) is 5.56 Å². The number of hydrogen-bond donors (Lipinski definition) is 1. The first kappa shape index (κ1) is 11.5. The monoisotopic (exact) mass is 263 g/mol. The van der Waals surface area contributed by atoms with Crippen molar-refractivity contribution in [1.82, 2.24) is 4.57 Å². The number of aromatic hydroxyl groups is 1. The Balaban J connectivity index is 2.56. The molecule has 2 aromatic rings. The number of aromatic nitrogens is 1. The topological polar surface area (TPSA) is 59.3 Å². The highest BCUT2D eigenvalue weighted by atomic mass is 32.2. The van der Waals surface area contributed by atoms with Crippen molar-refractivity contribution in [1.29, 1.82) is 0 Å². The highest BCUT2D eigenvalue weighted by Crippen LogP contribution is 2.28. The third-order valence-corrected chi connectivity index (χ3v) is 5.02. The van der Waals surface area contributed by atoms with Crippen LogP contribution in [0.2, 0.25) is 0 Å². The van der Waals surface area contributed by atoms with Crippen LogP contribution in [0, 0.1) is 6.92 Å². The number of pyridine rings is 1. The van der Waals surface area contributed by atoms with Crippen molar-refractivity contribution in [2.24, 2.45) is 0 Å². The number of phenols is 1. The van der Waals surface area contributed by atoms with E-state index < -0.39 is 10.8 Å². The van der Waals surface area contributed by atoms with Gasteiger partial charge >= 0.3 is 0 Å². The molecule has 0 radical (unpaired) electrons. The largest absolute Gasteiger partial charge is 0.507 e. The fourth-order valence-electron chi connectivity index (χ4n) is 2.57. The molecule has 0 saturated carbocycles. The Morgan fingerprint density at radius 2 is 2.17 bits per heavy atom. The van der Waals surface area contributed by atoms with Gasteiger partial charge in [-0.2, -0.15) is 0 Å². The molecule has 0 spiro atoms. The minimum atomic E-state index is -1.12. The molecule has 1 aliphatic rings. The maximum absolute atomic E-state index is 12.4. The number of fused-ring (bicyclic) bond motifs is 2. The lowest BCUT2D eigenvalue weighted by molar-refractivity contribution is 0.479.